The third kappa shape index (κ3) is 1.51. The van der Waals surface area contributed by atoms with Gasteiger partial charge in [-0.05, 0) is 12.1 Å². The van der Waals surface area contributed by atoms with Gasteiger partial charge in [0.1, 0.15) is 10.6 Å². The van der Waals surface area contributed by atoms with Gasteiger partial charge in [-0.1, -0.05) is 0 Å². The number of aromatic nitrogens is 3. The van der Waals surface area contributed by atoms with Crippen molar-refractivity contribution in [3.63, 3.8) is 0 Å². The van der Waals surface area contributed by atoms with Crippen LogP contribution in [0.2, 0.25) is 0 Å². The minimum atomic E-state index is -0.912. The van der Waals surface area contributed by atoms with Crippen molar-refractivity contribution in [1.82, 2.24) is 15.0 Å². The summed E-state index contributed by atoms with van der Waals surface area (Å²) in [4.78, 5) is 13.2. The minimum absolute atomic E-state index is 0.311. The number of aromatic carboxylic acids is 1. The Morgan fingerprint density at radius 2 is 2.36 bits per heavy atom. The molecule has 0 aromatic carbocycles. The van der Waals surface area contributed by atoms with Gasteiger partial charge in [-0.25, -0.2) is 4.79 Å². The second kappa shape index (κ2) is 3.22. The Hall–Kier alpha value is -1.69. The highest BCUT2D eigenvalue weighted by Gasteiger charge is 2.10. The zero-order valence-electron chi connectivity index (χ0n) is 7.34. The van der Waals surface area contributed by atoms with E-state index in [0.717, 1.165) is 4.88 Å². The highest BCUT2D eigenvalue weighted by molar-refractivity contribution is 7.17. The van der Waals surface area contributed by atoms with Gasteiger partial charge in [-0.2, -0.15) is 15.0 Å². The lowest BCUT2D eigenvalue weighted by molar-refractivity contribution is 0.0702. The van der Waals surface area contributed by atoms with Crippen molar-refractivity contribution in [2.75, 3.05) is 0 Å². The van der Waals surface area contributed by atoms with Gasteiger partial charge >= 0.3 is 5.97 Å². The summed E-state index contributed by atoms with van der Waals surface area (Å²) in [5.74, 6) is -0.912. The van der Waals surface area contributed by atoms with Crippen LogP contribution in [0.3, 0.4) is 0 Å². The summed E-state index contributed by atoms with van der Waals surface area (Å²) in [7, 11) is 1.72. The number of carboxylic acid groups (broad SMARTS) is 1. The maximum absolute atomic E-state index is 10.6. The van der Waals surface area contributed by atoms with Crippen LogP contribution in [0.5, 0.6) is 0 Å². The van der Waals surface area contributed by atoms with Gasteiger partial charge in [0.15, 0.2) is 0 Å². The molecule has 0 aliphatic rings. The van der Waals surface area contributed by atoms with Crippen LogP contribution in [0.1, 0.15) is 9.67 Å². The Labute approximate surface area is 83.6 Å². The normalized spacial score (nSPS) is 10.4. The largest absolute Gasteiger partial charge is 0.477 e. The summed E-state index contributed by atoms with van der Waals surface area (Å²) >= 11 is 1.19. The molecule has 2 aromatic heterocycles. The number of aryl methyl sites for hydroxylation is 1. The lowest BCUT2D eigenvalue weighted by Gasteiger charge is -1.86. The van der Waals surface area contributed by atoms with Crippen LogP contribution in [0.15, 0.2) is 18.3 Å². The molecular weight excluding hydrogens is 202 g/mol. The van der Waals surface area contributed by atoms with E-state index in [-0.39, 0.29) is 0 Å². The van der Waals surface area contributed by atoms with Crippen molar-refractivity contribution in [2.24, 2.45) is 7.05 Å². The maximum atomic E-state index is 10.6. The second-order valence-electron chi connectivity index (χ2n) is 2.69. The van der Waals surface area contributed by atoms with E-state index in [9.17, 15) is 4.79 Å². The number of carboxylic acids is 1. The van der Waals surface area contributed by atoms with Crippen molar-refractivity contribution in [3.05, 3.63) is 23.2 Å². The van der Waals surface area contributed by atoms with E-state index in [1.54, 1.807) is 25.4 Å². The molecule has 0 fully saturated rings. The molecule has 6 heteroatoms. The first-order chi connectivity index (χ1) is 6.66. The van der Waals surface area contributed by atoms with E-state index in [1.165, 1.54) is 16.1 Å². The molecule has 0 aliphatic heterocycles. The predicted octanol–water partition coefficient (Wildman–Crippen LogP) is 1.24. The molecule has 2 heterocycles. The number of nitrogens with zero attached hydrogens (tertiary/aromatic N) is 3. The van der Waals surface area contributed by atoms with Gasteiger partial charge in [-0.15, -0.1) is 11.3 Å². The van der Waals surface area contributed by atoms with Crippen LogP contribution in [0.25, 0.3) is 10.6 Å². The Morgan fingerprint density at radius 3 is 2.86 bits per heavy atom. The van der Waals surface area contributed by atoms with E-state index in [2.05, 4.69) is 10.2 Å². The predicted molar refractivity (Wildman–Crippen MR) is 51.3 cm³/mol. The molecule has 0 unspecified atom stereocenters. The van der Waals surface area contributed by atoms with Gasteiger partial charge in [0.25, 0.3) is 0 Å². The van der Waals surface area contributed by atoms with Crippen LogP contribution >= 0.6 is 11.3 Å². The second-order valence-corrected chi connectivity index (χ2v) is 3.77. The Balaban J connectivity index is 2.38. The third-order valence-electron chi connectivity index (χ3n) is 1.67. The fourth-order valence-corrected chi connectivity index (χ4v) is 1.84. The van der Waals surface area contributed by atoms with Crippen LogP contribution in [-0.2, 0) is 7.05 Å². The van der Waals surface area contributed by atoms with Crippen LogP contribution in [0, 0.1) is 0 Å². The van der Waals surface area contributed by atoms with Crippen LogP contribution in [0.4, 0.5) is 0 Å². The summed E-state index contributed by atoms with van der Waals surface area (Å²) < 4.78 is 0. The molecule has 1 N–H and O–H groups in total. The quantitative estimate of drug-likeness (QED) is 0.808. The molecule has 0 radical (unpaired) electrons. The van der Waals surface area contributed by atoms with Crippen molar-refractivity contribution in [2.45, 2.75) is 0 Å². The molecular formula is C8H7N3O2S. The van der Waals surface area contributed by atoms with Gasteiger partial charge in [0, 0.05) is 7.05 Å². The topological polar surface area (TPSA) is 68.0 Å². The number of hydrogen-bond donors (Lipinski definition) is 1. The van der Waals surface area contributed by atoms with Gasteiger partial charge < -0.3 is 5.11 Å². The average Bonchev–Trinajstić information content (AvgIpc) is 2.70. The summed E-state index contributed by atoms with van der Waals surface area (Å²) in [6.45, 7) is 0. The highest BCUT2D eigenvalue weighted by atomic mass is 32.1. The van der Waals surface area contributed by atoms with Gasteiger partial charge in [-0.3, -0.25) is 0 Å². The van der Waals surface area contributed by atoms with E-state index in [0.29, 0.717) is 10.6 Å². The van der Waals surface area contributed by atoms with Crippen molar-refractivity contribution < 1.29 is 9.90 Å². The first-order valence-electron chi connectivity index (χ1n) is 3.86. The molecule has 5 nitrogen and oxygen atoms in total. The molecule has 0 spiro atoms. The summed E-state index contributed by atoms with van der Waals surface area (Å²) in [5.41, 5.74) is 0.699. The average molecular weight is 209 g/mol. The summed E-state index contributed by atoms with van der Waals surface area (Å²) in [6.07, 6.45) is 1.61. The zero-order chi connectivity index (χ0) is 10.1. The monoisotopic (exact) mass is 209 g/mol. The van der Waals surface area contributed by atoms with Crippen LogP contribution in [-0.4, -0.2) is 26.1 Å². The van der Waals surface area contributed by atoms with E-state index < -0.39 is 5.97 Å². The minimum Gasteiger partial charge on any atom is -0.477 e. The number of thiophene rings is 1. The Bertz CT molecular complexity index is 474. The van der Waals surface area contributed by atoms with E-state index in [1.807, 2.05) is 0 Å². The molecule has 0 amide bonds. The van der Waals surface area contributed by atoms with E-state index >= 15 is 0 Å². The summed E-state index contributed by atoms with van der Waals surface area (Å²) in [5, 5.41) is 16.7. The molecule has 0 bridgehead atoms. The van der Waals surface area contributed by atoms with Gasteiger partial charge in [0.2, 0.25) is 0 Å². The number of hydrogen-bond acceptors (Lipinski definition) is 4. The SMILES string of the molecule is Cn1ncc(-c2ccc(C(=O)O)s2)n1. The first-order valence-corrected chi connectivity index (χ1v) is 4.68. The molecule has 0 aliphatic carbocycles. The van der Waals surface area contributed by atoms with Gasteiger partial charge in [0.05, 0.1) is 11.1 Å². The Morgan fingerprint density at radius 1 is 1.57 bits per heavy atom. The number of carbonyl (C=O) groups is 1. The molecule has 0 saturated heterocycles. The molecule has 0 saturated carbocycles. The zero-order valence-corrected chi connectivity index (χ0v) is 8.15. The fraction of sp³-hybridized carbons (Fsp3) is 0.125. The molecule has 2 aromatic rings. The smallest absolute Gasteiger partial charge is 0.345 e. The summed E-state index contributed by atoms with van der Waals surface area (Å²) in [6, 6.07) is 3.30. The van der Waals surface area contributed by atoms with Crippen molar-refractivity contribution in [1.29, 1.82) is 0 Å². The molecule has 14 heavy (non-hydrogen) atoms. The lowest BCUT2D eigenvalue weighted by atomic mass is 10.3. The Kier molecular flexibility index (Phi) is 2.05. The molecule has 72 valence electrons. The highest BCUT2D eigenvalue weighted by Crippen LogP contribution is 2.25. The van der Waals surface area contributed by atoms with Crippen LogP contribution < -0.4 is 0 Å². The maximum Gasteiger partial charge on any atom is 0.345 e. The first kappa shape index (κ1) is 8.89. The molecule has 2 rings (SSSR count). The van der Waals surface area contributed by atoms with Crippen molar-refractivity contribution in [3.8, 4) is 10.6 Å². The van der Waals surface area contributed by atoms with Crippen molar-refractivity contribution >= 4 is 17.3 Å². The van der Waals surface area contributed by atoms with E-state index in [4.69, 9.17) is 5.11 Å². The lowest BCUT2D eigenvalue weighted by Crippen LogP contribution is -1.91. The number of rotatable bonds is 2. The molecule has 0 atom stereocenters. The standard InChI is InChI=1S/C8H7N3O2S/c1-11-9-4-5(10-11)6-2-3-7(14-6)8(12)13/h2-4H,1H3,(H,12,13). The third-order valence-corrected chi connectivity index (χ3v) is 2.76. The fourth-order valence-electron chi connectivity index (χ4n) is 1.05.